The van der Waals surface area contributed by atoms with E-state index in [-0.39, 0.29) is 11.9 Å². The normalized spacial score (nSPS) is 12.4. The third-order valence-electron chi connectivity index (χ3n) is 2.83. The fourth-order valence-electron chi connectivity index (χ4n) is 1.97. The molecule has 0 spiro atoms. The van der Waals surface area contributed by atoms with Gasteiger partial charge in [0.05, 0.1) is 0 Å². The molecule has 0 aliphatic carbocycles. The van der Waals surface area contributed by atoms with Crippen LogP contribution >= 0.6 is 11.6 Å². The first kappa shape index (κ1) is 13.1. The fourth-order valence-corrected chi connectivity index (χ4v) is 2.17. The molecular weight excluding hydrogens is 249 g/mol. The summed E-state index contributed by atoms with van der Waals surface area (Å²) in [4.78, 5) is 0. The third kappa shape index (κ3) is 3.56. The molecule has 1 unspecified atom stereocenters. The smallest absolute Gasteiger partial charge is 0.123 e. The van der Waals surface area contributed by atoms with Crippen LogP contribution in [0.25, 0.3) is 0 Å². The van der Waals surface area contributed by atoms with Crippen LogP contribution in [0, 0.1) is 5.82 Å². The van der Waals surface area contributed by atoms with Gasteiger partial charge in [0.2, 0.25) is 0 Å². The highest BCUT2D eigenvalue weighted by atomic mass is 35.5. The zero-order chi connectivity index (χ0) is 13.0. The molecule has 18 heavy (non-hydrogen) atoms. The van der Waals surface area contributed by atoms with Gasteiger partial charge in [-0.25, -0.2) is 4.39 Å². The summed E-state index contributed by atoms with van der Waals surface area (Å²) in [6.07, 6.45) is 1.33. The van der Waals surface area contributed by atoms with Crippen LogP contribution in [0.1, 0.15) is 11.1 Å². The molecule has 0 saturated heterocycles. The second-order valence-electron chi connectivity index (χ2n) is 4.39. The van der Waals surface area contributed by atoms with Crippen molar-refractivity contribution in [2.45, 2.75) is 18.9 Å². The van der Waals surface area contributed by atoms with Crippen molar-refractivity contribution in [2.24, 2.45) is 5.73 Å². The van der Waals surface area contributed by atoms with E-state index >= 15 is 0 Å². The van der Waals surface area contributed by atoms with Gasteiger partial charge in [-0.2, -0.15) is 0 Å². The SMILES string of the molecule is NC(Cc1ccccc1)Cc1cc(F)ccc1Cl. The molecule has 2 N–H and O–H groups in total. The quantitative estimate of drug-likeness (QED) is 0.896. The maximum absolute atomic E-state index is 13.1. The summed E-state index contributed by atoms with van der Waals surface area (Å²) in [5.74, 6) is -0.277. The van der Waals surface area contributed by atoms with E-state index in [1.807, 2.05) is 30.3 Å². The predicted molar refractivity (Wildman–Crippen MR) is 73.2 cm³/mol. The molecule has 1 nitrogen and oxygen atoms in total. The average Bonchev–Trinajstić information content (AvgIpc) is 2.35. The van der Waals surface area contributed by atoms with E-state index in [2.05, 4.69) is 0 Å². The molecule has 0 aliphatic heterocycles. The Morgan fingerprint density at radius 1 is 1.06 bits per heavy atom. The van der Waals surface area contributed by atoms with Gasteiger partial charge in [-0.3, -0.25) is 0 Å². The lowest BCUT2D eigenvalue weighted by Gasteiger charge is -2.13. The lowest BCUT2D eigenvalue weighted by Crippen LogP contribution is -2.25. The molecule has 0 aromatic heterocycles. The van der Waals surface area contributed by atoms with Gasteiger partial charge in [0.25, 0.3) is 0 Å². The monoisotopic (exact) mass is 263 g/mol. The van der Waals surface area contributed by atoms with Gasteiger partial charge in [0, 0.05) is 11.1 Å². The van der Waals surface area contributed by atoms with Gasteiger partial charge in [0.1, 0.15) is 5.82 Å². The number of hydrogen-bond acceptors (Lipinski definition) is 1. The summed E-state index contributed by atoms with van der Waals surface area (Å²) in [5.41, 5.74) is 8.02. The van der Waals surface area contributed by atoms with Crippen LogP contribution in [-0.2, 0) is 12.8 Å². The molecule has 3 heteroatoms. The minimum atomic E-state index is -0.277. The van der Waals surface area contributed by atoms with E-state index in [9.17, 15) is 4.39 Å². The van der Waals surface area contributed by atoms with Crippen LogP contribution < -0.4 is 5.73 Å². The summed E-state index contributed by atoms with van der Waals surface area (Å²) in [6, 6.07) is 14.3. The molecule has 0 amide bonds. The van der Waals surface area contributed by atoms with Crippen LogP contribution in [0.5, 0.6) is 0 Å². The van der Waals surface area contributed by atoms with E-state index in [1.165, 1.54) is 17.7 Å². The van der Waals surface area contributed by atoms with Gasteiger partial charge < -0.3 is 5.73 Å². The maximum atomic E-state index is 13.1. The number of halogens is 2. The van der Waals surface area contributed by atoms with Gasteiger partial charge in [-0.1, -0.05) is 41.9 Å². The van der Waals surface area contributed by atoms with E-state index < -0.39 is 0 Å². The summed E-state index contributed by atoms with van der Waals surface area (Å²) in [7, 11) is 0. The summed E-state index contributed by atoms with van der Waals surface area (Å²) in [6.45, 7) is 0. The Kier molecular flexibility index (Phi) is 4.34. The van der Waals surface area contributed by atoms with E-state index in [4.69, 9.17) is 17.3 Å². The van der Waals surface area contributed by atoms with Crippen molar-refractivity contribution in [2.75, 3.05) is 0 Å². The zero-order valence-corrected chi connectivity index (χ0v) is 10.7. The highest BCUT2D eigenvalue weighted by Gasteiger charge is 2.09. The second-order valence-corrected chi connectivity index (χ2v) is 4.80. The molecular formula is C15H15ClFN. The zero-order valence-electron chi connectivity index (χ0n) is 9.94. The first-order valence-electron chi connectivity index (χ1n) is 5.88. The molecule has 2 rings (SSSR count). The molecule has 0 aliphatic rings. The standard InChI is InChI=1S/C15H15ClFN/c16-15-7-6-13(17)9-12(15)10-14(18)8-11-4-2-1-3-5-11/h1-7,9,14H,8,10,18H2. The Labute approximate surface area is 111 Å². The van der Waals surface area contributed by atoms with Gasteiger partial charge in [-0.05, 0) is 42.2 Å². The van der Waals surface area contributed by atoms with Crippen LogP contribution in [-0.4, -0.2) is 6.04 Å². The van der Waals surface area contributed by atoms with E-state index in [1.54, 1.807) is 6.07 Å². The molecule has 1 atom stereocenters. The van der Waals surface area contributed by atoms with E-state index in [0.29, 0.717) is 11.4 Å². The maximum Gasteiger partial charge on any atom is 0.123 e. The number of rotatable bonds is 4. The summed E-state index contributed by atoms with van der Waals surface area (Å²) in [5, 5.41) is 0.569. The topological polar surface area (TPSA) is 26.0 Å². The third-order valence-corrected chi connectivity index (χ3v) is 3.20. The molecule has 0 heterocycles. The largest absolute Gasteiger partial charge is 0.327 e. The Hall–Kier alpha value is -1.38. The first-order chi connectivity index (χ1) is 8.65. The minimum Gasteiger partial charge on any atom is -0.327 e. The second kappa shape index (κ2) is 5.98. The van der Waals surface area contributed by atoms with Crippen molar-refractivity contribution in [3.63, 3.8) is 0 Å². The fraction of sp³-hybridized carbons (Fsp3) is 0.200. The first-order valence-corrected chi connectivity index (χ1v) is 6.26. The van der Waals surface area contributed by atoms with E-state index in [0.717, 1.165) is 12.0 Å². The molecule has 2 aromatic carbocycles. The van der Waals surface area contributed by atoms with Crippen LogP contribution in [0.15, 0.2) is 48.5 Å². The van der Waals surface area contributed by atoms with Crippen molar-refractivity contribution in [3.8, 4) is 0 Å². The van der Waals surface area contributed by atoms with Gasteiger partial charge >= 0.3 is 0 Å². The van der Waals surface area contributed by atoms with Crippen LogP contribution in [0.4, 0.5) is 4.39 Å². The van der Waals surface area contributed by atoms with Crippen molar-refractivity contribution in [1.29, 1.82) is 0 Å². The number of hydrogen-bond donors (Lipinski definition) is 1. The Bertz CT molecular complexity index is 513. The number of nitrogens with two attached hydrogens (primary N) is 1. The number of benzene rings is 2. The Morgan fingerprint density at radius 3 is 2.50 bits per heavy atom. The Morgan fingerprint density at radius 2 is 1.78 bits per heavy atom. The van der Waals surface area contributed by atoms with Crippen molar-refractivity contribution in [3.05, 3.63) is 70.5 Å². The van der Waals surface area contributed by atoms with Crippen LogP contribution in [0.2, 0.25) is 5.02 Å². The average molecular weight is 264 g/mol. The molecule has 0 radical (unpaired) electrons. The molecule has 0 fully saturated rings. The molecule has 94 valence electrons. The van der Waals surface area contributed by atoms with Crippen LogP contribution in [0.3, 0.4) is 0 Å². The van der Waals surface area contributed by atoms with Gasteiger partial charge in [-0.15, -0.1) is 0 Å². The molecule has 0 saturated carbocycles. The Balaban J connectivity index is 2.03. The highest BCUT2D eigenvalue weighted by molar-refractivity contribution is 6.31. The van der Waals surface area contributed by atoms with Crippen molar-refractivity contribution in [1.82, 2.24) is 0 Å². The van der Waals surface area contributed by atoms with Crippen molar-refractivity contribution >= 4 is 11.6 Å². The highest BCUT2D eigenvalue weighted by Crippen LogP contribution is 2.19. The molecule has 0 bridgehead atoms. The summed E-state index contributed by atoms with van der Waals surface area (Å²) >= 11 is 6.02. The minimum absolute atomic E-state index is 0.0632. The lowest BCUT2D eigenvalue weighted by molar-refractivity contribution is 0.618. The van der Waals surface area contributed by atoms with Crippen molar-refractivity contribution < 1.29 is 4.39 Å². The lowest BCUT2D eigenvalue weighted by atomic mass is 10.00. The predicted octanol–water partition coefficient (Wildman–Crippen LogP) is 3.59. The summed E-state index contributed by atoms with van der Waals surface area (Å²) < 4.78 is 13.1. The molecule has 2 aromatic rings. The van der Waals surface area contributed by atoms with Gasteiger partial charge in [0.15, 0.2) is 0 Å².